The first-order valence-electron chi connectivity index (χ1n) is 8.40. The normalized spacial score (nSPS) is 16.1. The Bertz CT molecular complexity index is 606. The van der Waals surface area contributed by atoms with E-state index in [-0.39, 0.29) is 11.8 Å². The zero-order chi connectivity index (χ0) is 15.9. The molecular formula is C20H24N2O. The number of nitrogens with zero attached hydrogens (tertiary/aromatic N) is 1. The number of carbonyl (C=O) groups excluding carboxylic acids is 1. The lowest BCUT2D eigenvalue weighted by Gasteiger charge is -2.29. The van der Waals surface area contributed by atoms with E-state index in [2.05, 4.69) is 53.8 Å². The van der Waals surface area contributed by atoms with Gasteiger partial charge in [0.1, 0.15) is 0 Å². The zero-order valence-electron chi connectivity index (χ0n) is 13.4. The quantitative estimate of drug-likeness (QED) is 0.921. The molecule has 0 spiro atoms. The van der Waals surface area contributed by atoms with Crippen molar-refractivity contribution >= 4 is 5.91 Å². The molecule has 2 aromatic rings. The van der Waals surface area contributed by atoms with E-state index in [1.54, 1.807) is 0 Å². The van der Waals surface area contributed by atoms with Gasteiger partial charge < -0.3 is 10.2 Å². The molecule has 1 unspecified atom stereocenters. The van der Waals surface area contributed by atoms with Crippen LogP contribution in [-0.2, 0) is 11.2 Å². The van der Waals surface area contributed by atoms with Crippen LogP contribution < -0.4 is 5.32 Å². The van der Waals surface area contributed by atoms with Crippen LogP contribution in [0.3, 0.4) is 0 Å². The lowest BCUT2D eigenvalue weighted by Crippen LogP contribution is -2.46. The molecule has 0 bridgehead atoms. The van der Waals surface area contributed by atoms with E-state index in [1.165, 1.54) is 11.1 Å². The molecule has 1 heterocycles. The minimum atomic E-state index is 0.237. The first-order chi connectivity index (χ1) is 11.3. The monoisotopic (exact) mass is 308 g/mol. The number of piperazine rings is 1. The summed E-state index contributed by atoms with van der Waals surface area (Å²) in [5.74, 6) is 0.511. The number of carbonyl (C=O) groups is 1. The van der Waals surface area contributed by atoms with Crippen LogP contribution in [0.15, 0.2) is 60.7 Å². The minimum absolute atomic E-state index is 0.237. The number of benzene rings is 2. The van der Waals surface area contributed by atoms with E-state index in [1.807, 2.05) is 17.0 Å². The van der Waals surface area contributed by atoms with Gasteiger partial charge in [-0.15, -0.1) is 0 Å². The zero-order valence-corrected chi connectivity index (χ0v) is 13.4. The van der Waals surface area contributed by atoms with Gasteiger partial charge in [0, 0.05) is 32.6 Å². The molecule has 0 aromatic heterocycles. The third-order valence-electron chi connectivity index (χ3n) is 4.49. The SMILES string of the molecule is O=C(CC(Cc1ccccc1)c1ccccc1)N1CCNCC1. The summed E-state index contributed by atoms with van der Waals surface area (Å²) in [4.78, 5) is 14.7. The molecular weight excluding hydrogens is 284 g/mol. The second-order valence-electron chi connectivity index (χ2n) is 6.13. The van der Waals surface area contributed by atoms with E-state index < -0.39 is 0 Å². The molecule has 1 saturated heterocycles. The van der Waals surface area contributed by atoms with Crippen molar-refractivity contribution < 1.29 is 4.79 Å². The maximum Gasteiger partial charge on any atom is 0.223 e. The third kappa shape index (κ3) is 4.42. The van der Waals surface area contributed by atoms with Crippen molar-refractivity contribution in [3.63, 3.8) is 0 Å². The fourth-order valence-corrected chi connectivity index (χ4v) is 3.19. The molecule has 1 N–H and O–H groups in total. The summed E-state index contributed by atoms with van der Waals surface area (Å²) in [6.07, 6.45) is 1.49. The molecule has 3 heteroatoms. The van der Waals surface area contributed by atoms with E-state index in [0.717, 1.165) is 32.6 Å². The predicted octanol–water partition coefficient (Wildman–Crippen LogP) is 2.83. The molecule has 0 aliphatic carbocycles. The Kier molecular flexibility index (Phi) is 5.43. The highest BCUT2D eigenvalue weighted by Gasteiger charge is 2.22. The number of amides is 1. The molecule has 3 rings (SSSR count). The number of hydrogen-bond donors (Lipinski definition) is 1. The van der Waals surface area contributed by atoms with Gasteiger partial charge in [0.2, 0.25) is 5.91 Å². The van der Waals surface area contributed by atoms with Gasteiger partial charge in [-0.3, -0.25) is 4.79 Å². The van der Waals surface area contributed by atoms with Crippen molar-refractivity contribution in [1.82, 2.24) is 10.2 Å². The molecule has 1 amide bonds. The third-order valence-corrected chi connectivity index (χ3v) is 4.49. The van der Waals surface area contributed by atoms with Crippen molar-refractivity contribution in [3.8, 4) is 0 Å². The van der Waals surface area contributed by atoms with Crippen LogP contribution in [0.5, 0.6) is 0 Å². The topological polar surface area (TPSA) is 32.3 Å². The molecule has 23 heavy (non-hydrogen) atoms. The fourth-order valence-electron chi connectivity index (χ4n) is 3.19. The van der Waals surface area contributed by atoms with Crippen LogP contribution >= 0.6 is 0 Å². The second kappa shape index (κ2) is 7.93. The summed E-state index contributed by atoms with van der Waals surface area (Å²) in [5.41, 5.74) is 2.54. The minimum Gasteiger partial charge on any atom is -0.340 e. The number of nitrogens with one attached hydrogen (secondary N) is 1. The molecule has 120 valence electrons. The molecule has 2 aromatic carbocycles. The summed E-state index contributed by atoms with van der Waals surface area (Å²) in [5, 5.41) is 3.30. The molecule has 1 atom stereocenters. The first-order valence-corrected chi connectivity index (χ1v) is 8.40. The average molecular weight is 308 g/mol. The van der Waals surface area contributed by atoms with E-state index in [4.69, 9.17) is 0 Å². The van der Waals surface area contributed by atoms with Crippen LogP contribution in [0.25, 0.3) is 0 Å². The Balaban J connectivity index is 1.73. The molecule has 3 nitrogen and oxygen atoms in total. The maximum absolute atomic E-state index is 12.7. The fraction of sp³-hybridized carbons (Fsp3) is 0.350. The van der Waals surface area contributed by atoms with Crippen molar-refractivity contribution in [1.29, 1.82) is 0 Å². The van der Waals surface area contributed by atoms with Crippen molar-refractivity contribution in [2.45, 2.75) is 18.8 Å². The van der Waals surface area contributed by atoms with Crippen molar-refractivity contribution in [3.05, 3.63) is 71.8 Å². The highest BCUT2D eigenvalue weighted by molar-refractivity contribution is 5.77. The summed E-state index contributed by atoms with van der Waals surface area (Å²) in [6, 6.07) is 20.9. The summed E-state index contributed by atoms with van der Waals surface area (Å²) in [6.45, 7) is 3.46. The largest absolute Gasteiger partial charge is 0.340 e. The van der Waals surface area contributed by atoms with Gasteiger partial charge in [-0.2, -0.15) is 0 Å². The Morgan fingerprint density at radius 1 is 0.957 bits per heavy atom. The average Bonchev–Trinajstić information content (AvgIpc) is 2.63. The van der Waals surface area contributed by atoms with E-state index in [9.17, 15) is 4.79 Å². The van der Waals surface area contributed by atoms with Gasteiger partial charge in [-0.05, 0) is 23.5 Å². The summed E-state index contributed by atoms with van der Waals surface area (Å²) >= 11 is 0. The molecule has 1 aliphatic heterocycles. The lowest BCUT2D eigenvalue weighted by molar-refractivity contribution is -0.132. The number of rotatable bonds is 5. The predicted molar refractivity (Wildman–Crippen MR) is 93.4 cm³/mol. The Hall–Kier alpha value is -2.13. The van der Waals surface area contributed by atoms with Crippen LogP contribution in [0.1, 0.15) is 23.5 Å². The van der Waals surface area contributed by atoms with Gasteiger partial charge in [0.25, 0.3) is 0 Å². The van der Waals surface area contributed by atoms with Gasteiger partial charge in [0.15, 0.2) is 0 Å². The van der Waals surface area contributed by atoms with Gasteiger partial charge in [0.05, 0.1) is 0 Å². The standard InChI is InChI=1S/C20H24N2O/c23-20(22-13-11-21-12-14-22)16-19(18-9-5-2-6-10-18)15-17-7-3-1-4-8-17/h1-10,19,21H,11-16H2. The molecule has 0 radical (unpaired) electrons. The molecule has 1 fully saturated rings. The van der Waals surface area contributed by atoms with Gasteiger partial charge in [-0.25, -0.2) is 0 Å². The van der Waals surface area contributed by atoms with Crippen LogP contribution in [0.4, 0.5) is 0 Å². The lowest BCUT2D eigenvalue weighted by atomic mass is 9.89. The van der Waals surface area contributed by atoms with Gasteiger partial charge >= 0.3 is 0 Å². The Labute approximate surface area is 138 Å². The molecule has 0 saturated carbocycles. The summed E-state index contributed by atoms with van der Waals surface area (Å²) in [7, 11) is 0. The summed E-state index contributed by atoms with van der Waals surface area (Å²) < 4.78 is 0. The highest BCUT2D eigenvalue weighted by Crippen LogP contribution is 2.25. The Morgan fingerprint density at radius 3 is 2.22 bits per heavy atom. The smallest absolute Gasteiger partial charge is 0.223 e. The highest BCUT2D eigenvalue weighted by atomic mass is 16.2. The van der Waals surface area contributed by atoms with Crippen LogP contribution in [0, 0.1) is 0 Å². The first kappa shape index (κ1) is 15.8. The van der Waals surface area contributed by atoms with Crippen molar-refractivity contribution in [2.24, 2.45) is 0 Å². The number of hydrogen-bond acceptors (Lipinski definition) is 2. The van der Waals surface area contributed by atoms with E-state index >= 15 is 0 Å². The second-order valence-corrected chi connectivity index (χ2v) is 6.13. The van der Waals surface area contributed by atoms with Gasteiger partial charge in [-0.1, -0.05) is 60.7 Å². The Morgan fingerprint density at radius 2 is 1.57 bits per heavy atom. The van der Waals surface area contributed by atoms with E-state index in [0.29, 0.717) is 6.42 Å². The maximum atomic E-state index is 12.7. The van der Waals surface area contributed by atoms with Crippen LogP contribution in [-0.4, -0.2) is 37.0 Å². The van der Waals surface area contributed by atoms with Crippen LogP contribution in [0.2, 0.25) is 0 Å². The van der Waals surface area contributed by atoms with Crippen molar-refractivity contribution in [2.75, 3.05) is 26.2 Å². The molecule has 1 aliphatic rings.